The van der Waals surface area contributed by atoms with Gasteiger partial charge in [-0.25, -0.2) is 13.5 Å². The van der Waals surface area contributed by atoms with Crippen LogP contribution in [0.2, 0.25) is 0 Å². The number of nitrogens with zero attached hydrogens (tertiary/aromatic N) is 2. The second-order valence-corrected chi connectivity index (χ2v) is 5.65. The van der Waals surface area contributed by atoms with Gasteiger partial charge in [0.15, 0.2) is 11.6 Å². The van der Waals surface area contributed by atoms with Crippen molar-refractivity contribution in [2.45, 2.75) is 13.2 Å². The fourth-order valence-electron chi connectivity index (χ4n) is 2.55. The number of halogens is 2. The summed E-state index contributed by atoms with van der Waals surface area (Å²) >= 11 is 0. The third-order valence-corrected chi connectivity index (χ3v) is 3.91. The molecule has 1 heterocycles. The van der Waals surface area contributed by atoms with Gasteiger partial charge in [0.1, 0.15) is 5.82 Å². The molecule has 0 fully saturated rings. The number of hydrogen-bond donors (Lipinski definition) is 1. The SMILES string of the molecule is COc1ccc(-c2cc(CO)c(=O)n(Cc3ccc(F)cc3)n2)cc1F. The molecule has 134 valence electrons. The van der Waals surface area contributed by atoms with E-state index in [1.54, 1.807) is 18.2 Å². The van der Waals surface area contributed by atoms with Gasteiger partial charge >= 0.3 is 0 Å². The zero-order valence-corrected chi connectivity index (χ0v) is 13.9. The Labute approximate surface area is 148 Å². The summed E-state index contributed by atoms with van der Waals surface area (Å²) in [6.45, 7) is -0.380. The fourth-order valence-corrected chi connectivity index (χ4v) is 2.55. The van der Waals surface area contributed by atoms with Gasteiger partial charge in [0.2, 0.25) is 0 Å². The van der Waals surface area contributed by atoms with Crippen molar-refractivity contribution in [1.82, 2.24) is 9.78 Å². The van der Waals surface area contributed by atoms with E-state index in [0.29, 0.717) is 16.8 Å². The van der Waals surface area contributed by atoms with Gasteiger partial charge in [-0.3, -0.25) is 4.79 Å². The van der Waals surface area contributed by atoms with Crippen molar-refractivity contribution < 1.29 is 18.6 Å². The average Bonchev–Trinajstić information content (AvgIpc) is 2.65. The van der Waals surface area contributed by atoms with Crippen LogP contribution < -0.4 is 10.3 Å². The van der Waals surface area contributed by atoms with Gasteiger partial charge in [-0.05, 0) is 42.0 Å². The second kappa shape index (κ2) is 7.45. The summed E-state index contributed by atoms with van der Waals surface area (Å²) in [4.78, 5) is 12.4. The quantitative estimate of drug-likeness (QED) is 0.762. The summed E-state index contributed by atoms with van der Waals surface area (Å²) in [5.41, 5.74) is 1.11. The van der Waals surface area contributed by atoms with E-state index in [-0.39, 0.29) is 23.7 Å². The maximum Gasteiger partial charge on any atom is 0.272 e. The van der Waals surface area contributed by atoms with E-state index in [2.05, 4.69) is 5.10 Å². The monoisotopic (exact) mass is 358 g/mol. The molecular formula is C19H16F2N2O3. The van der Waals surface area contributed by atoms with Crippen molar-refractivity contribution in [2.75, 3.05) is 7.11 Å². The van der Waals surface area contributed by atoms with Gasteiger partial charge in [-0.2, -0.15) is 5.10 Å². The number of ether oxygens (including phenoxy) is 1. The lowest BCUT2D eigenvalue weighted by Gasteiger charge is -2.11. The Morgan fingerprint density at radius 3 is 2.46 bits per heavy atom. The Morgan fingerprint density at radius 1 is 1.12 bits per heavy atom. The van der Waals surface area contributed by atoms with Crippen molar-refractivity contribution in [3.8, 4) is 17.0 Å². The van der Waals surface area contributed by atoms with Crippen LogP contribution in [0.3, 0.4) is 0 Å². The van der Waals surface area contributed by atoms with Crippen LogP contribution in [0, 0.1) is 11.6 Å². The standard InChI is InChI=1S/C19H16F2N2O3/c1-26-18-7-4-13(8-16(18)21)17-9-14(11-24)19(25)23(22-17)10-12-2-5-15(20)6-3-12/h2-9,24H,10-11H2,1H3. The minimum atomic E-state index is -0.561. The van der Waals surface area contributed by atoms with E-state index in [9.17, 15) is 18.7 Å². The Hall–Kier alpha value is -3.06. The highest BCUT2D eigenvalue weighted by Crippen LogP contribution is 2.24. The molecule has 0 spiro atoms. The molecule has 3 rings (SSSR count). The van der Waals surface area contributed by atoms with Crippen LogP contribution in [0.4, 0.5) is 8.78 Å². The Morgan fingerprint density at radius 2 is 1.85 bits per heavy atom. The molecule has 1 aromatic heterocycles. The number of rotatable bonds is 5. The summed E-state index contributed by atoms with van der Waals surface area (Å²) in [7, 11) is 1.36. The maximum atomic E-state index is 14.0. The van der Waals surface area contributed by atoms with Crippen LogP contribution in [0.25, 0.3) is 11.3 Å². The van der Waals surface area contributed by atoms with Gasteiger partial charge in [-0.15, -0.1) is 0 Å². The lowest BCUT2D eigenvalue weighted by atomic mass is 10.1. The summed E-state index contributed by atoms with van der Waals surface area (Å²) in [5, 5.41) is 13.7. The summed E-state index contributed by atoms with van der Waals surface area (Å²) in [6.07, 6.45) is 0. The number of aromatic nitrogens is 2. The summed E-state index contributed by atoms with van der Waals surface area (Å²) < 4.78 is 33.1. The second-order valence-electron chi connectivity index (χ2n) is 5.65. The van der Waals surface area contributed by atoms with Crippen LogP contribution >= 0.6 is 0 Å². The molecule has 0 saturated heterocycles. The van der Waals surface area contributed by atoms with Crippen molar-refractivity contribution in [2.24, 2.45) is 0 Å². The predicted octanol–water partition coefficient (Wildman–Crippen LogP) is 2.74. The highest BCUT2D eigenvalue weighted by Gasteiger charge is 2.12. The third kappa shape index (κ3) is 3.62. The predicted molar refractivity (Wildman–Crippen MR) is 91.9 cm³/mol. The van der Waals surface area contributed by atoms with Crippen LogP contribution in [0.15, 0.2) is 53.3 Å². The maximum absolute atomic E-state index is 14.0. The topological polar surface area (TPSA) is 64.3 Å². The first-order valence-electron chi connectivity index (χ1n) is 7.82. The van der Waals surface area contributed by atoms with E-state index in [1.165, 1.54) is 37.4 Å². The van der Waals surface area contributed by atoms with Gasteiger partial charge in [0.05, 0.1) is 26.0 Å². The zero-order valence-electron chi connectivity index (χ0n) is 13.9. The van der Waals surface area contributed by atoms with Gasteiger partial charge in [-0.1, -0.05) is 12.1 Å². The van der Waals surface area contributed by atoms with Crippen LogP contribution in [0.5, 0.6) is 5.75 Å². The van der Waals surface area contributed by atoms with Crippen molar-refractivity contribution in [3.63, 3.8) is 0 Å². The molecule has 0 aliphatic rings. The normalized spacial score (nSPS) is 10.8. The largest absolute Gasteiger partial charge is 0.494 e. The van der Waals surface area contributed by atoms with Crippen molar-refractivity contribution >= 4 is 0 Å². The van der Waals surface area contributed by atoms with Crippen molar-refractivity contribution in [3.05, 3.63) is 81.6 Å². The number of hydrogen-bond acceptors (Lipinski definition) is 4. The molecule has 1 N–H and O–H groups in total. The van der Waals surface area contributed by atoms with Gasteiger partial charge in [0.25, 0.3) is 5.56 Å². The molecule has 0 aliphatic carbocycles. The Kier molecular flexibility index (Phi) is 5.09. The number of aliphatic hydroxyl groups excluding tert-OH is 1. The van der Waals surface area contributed by atoms with Crippen molar-refractivity contribution in [1.29, 1.82) is 0 Å². The highest BCUT2D eigenvalue weighted by atomic mass is 19.1. The molecule has 7 heteroatoms. The molecule has 0 unspecified atom stereocenters. The molecule has 2 aromatic carbocycles. The molecule has 0 bridgehead atoms. The summed E-state index contributed by atoms with van der Waals surface area (Å²) in [5.74, 6) is -0.850. The third-order valence-electron chi connectivity index (χ3n) is 3.91. The van der Waals surface area contributed by atoms with Crippen LogP contribution in [-0.2, 0) is 13.2 Å². The molecule has 0 radical (unpaired) electrons. The number of benzene rings is 2. The lowest BCUT2D eigenvalue weighted by Crippen LogP contribution is -2.27. The van der Waals surface area contributed by atoms with E-state index in [0.717, 1.165) is 4.68 Å². The fraction of sp³-hybridized carbons (Fsp3) is 0.158. The first-order chi connectivity index (χ1) is 12.5. The molecule has 26 heavy (non-hydrogen) atoms. The molecule has 3 aromatic rings. The zero-order chi connectivity index (χ0) is 18.7. The number of methoxy groups -OCH3 is 1. The smallest absolute Gasteiger partial charge is 0.272 e. The van der Waals surface area contributed by atoms with Gasteiger partial charge < -0.3 is 9.84 Å². The minimum absolute atomic E-state index is 0.0933. The molecule has 0 amide bonds. The molecular weight excluding hydrogens is 342 g/mol. The van der Waals surface area contributed by atoms with Crippen LogP contribution in [0.1, 0.15) is 11.1 Å². The van der Waals surface area contributed by atoms with Crippen LogP contribution in [-0.4, -0.2) is 22.0 Å². The number of aliphatic hydroxyl groups is 1. The first-order valence-corrected chi connectivity index (χ1v) is 7.82. The molecule has 0 aliphatic heterocycles. The van der Waals surface area contributed by atoms with E-state index < -0.39 is 18.0 Å². The Bertz CT molecular complexity index is 985. The first kappa shape index (κ1) is 17.8. The summed E-state index contributed by atoms with van der Waals surface area (Å²) in [6, 6.07) is 11.4. The van der Waals surface area contributed by atoms with Gasteiger partial charge in [0, 0.05) is 11.1 Å². The van der Waals surface area contributed by atoms with E-state index in [1.807, 2.05) is 0 Å². The van der Waals surface area contributed by atoms with E-state index in [4.69, 9.17) is 4.74 Å². The lowest BCUT2D eigenvalue weighted by molar-refractivity contribution is 0.278. The minimum Gasteiger partial charge on any atom is -0.494 e. The average molecular weight is 358 g/mol. The van der Waals surface area contributed by atoms with E-state index >= 15 is 0 Å². The highest BCUT2D eigenvalue weighted by molar-refractivity contribution is 5.60. The Balaban J connectivity index is 2.05. The molecule has 0 saturated carbocycles. The molecule has 5 nitrogen and oxygen atoms in total. The molecule has 0 atom stereocenters.